The highest BCUT2D eigenvalue weighted by molar-refractivity contribution is 8.00. The predicted octanol–water partition coefficient (Wildman–Crippen LogP) is 5.52. The first-order valence-electron chi connectivity index (χ1n) is 9.64. The molecule has 1 aromatic heterocycles. The quantitative estimate of drug-likeness (QED) is 0.404. The second kappa shape index (κ2) is 9.85. The summed E-state index contributed by atoms with van der Waals surface area (Å²) >= 11 is 0.806. The van der Waals surface area contributed by atoms with Gasteiger partial charge >= 0.3 is 6.18 Å². The Morgan fingerprint density at radius 1 is 1.09 bits per heavy atom. The summed E-state index contributed by atoms with van der Waals surface area (Å²) in [6.45, 7) is 1.83. The van der Waals surface area contributed by atoms with Gasteiger partial charge in [0.2, 0.25) is 0 Å². The van der Waals surface area contributed by atoms with E-state index in [-0.39, 0.29) is 27.1 Å². The lowest BCUT2D eigenvalue weighted by Gasteiger charge is -2.14. The van der Waals surface area contributed by atoms with Gasteiger partial charge in [-0.15, -0.1) is 11.8 Å². The number of methoxy groups -OCH3 is 1. The van der Waals surface area contributed by atoms with Crippen molar-refractivity contribution in [2.75, 3.05) is 18.6 Å². The molecule has 3 aromatic rings. The highest BCUT2D eigenvalue weighted by Gasteiger charge is 2.36. The molecule has 0 fully saturated rings. The summed E-state index contributed by atoms with van der Waals surface area (Å²) in [6.07, 6.45) is -4.78. The van der Waals surface area contributed by atoms with Crippen LogP contribution >= 0.6 is 11.8 Å². The van der Waals surface area contributed by atoms with Crippen LogP contribution in [0.3, 0.4) is 0 Å². The number of aryl methyl sites for hydroxylation is 1. The number of hydrogen-bond donors (Lipinski definition) is 0. The summed E-state index contributed by atoms with van der Waals surface area (Å²) in [7, 11) is -2.17. The molecule has 5 nitrogen and oxygen atoms in total. The van der Waals surface area contributed by atoms with E-state index in [9.17, 15) is 26.9 Å². The van der Waals surface area contributed by atoms with E-state index in [0.717, 1.165) is 23.4 Å². The monoisotopic (exact) mass is 492 g/mol. The first-order valence-corrected chi connectivity index (χ1v) is 12.3. The van der Waals surface area contributed by atoms with Gasteiger partial charge in [-0.05, 0) is 49.4 Å². The standard InChI is InChI=1S/C23H19F3N2O3S2/c1-15-3-9-18(10-4-15)33(29,30)12-11-32-22-19(14-27)20(23(24,25)26)13-21(28-22)16-5-7-17(31-2)8-6-16/h3-10,13H,11-12H2,1-2H3. The van der Waals surface area contributed by atoms with E-state index < -0.39 is 27.1 Å². The zero-order chi connectivity index (χ0) is 24.2. The number of rotatable bonds is 7. The zero-order valence-corrected chi connectivity index (χ0v) is 19.3. The molecule has 0 N–H and O–H groups in total. The van der Waals surface area contributed by atoms with Gasteiger partial charge in [0.25, 0.3) is 0 Å². The molecule has 0 bridgehead atoms. The van der Waals surface area contributed by atoms with Crippen molar-refractivity contribution in [2.24, 2.45) is 0 Å². The number of sulfone groups is 1. The number of nitrogens with zero attached hydrogens (tertiary/aromatic N) is 2. The minimum Gasteiger partial charge on any atom is -0.497 e. The molecule has 0 atom stereocenters. The Kier molecular flexibility index (Phi) is 7.34. The summed E-state index contributed by atoms with van der Waals surface area (Å²) in [4.78, 5) is 4.38. The first-order chi connectivity index (χ1) is 15.5. The third-order valence-corrected chi connectivity index (χ3v) is 7.73. The van der Waals surface area contributed by atoms with Crippen LogP contribution in [0.25, 0.3) is 11.3 Å². The van der Waals surface area contributed by atoms with Crippen molar-refractivity contribution in [3.63, 3.8) is 0 Å². The fourth-order valence-electron chi connectivity index (χ4n) is 2.98. The van der Waals surface area contributed by atoms with E-state index in [2.05, 4.69) is 4.98 Å². The lowest BCUT2D eigenvalue weighted by molar-refractivity contribution is -0.138. The number of aromatic nitrogens is 1. The molecule has 2 aromatic carbocycles. The molecule has 10 heteroatoms. The topological polar surface area (TPSA) is 80.0 Å². The highest BCUT2D eigenvalue weighted by Crippen LogP contribution is 2.38. The maximum absolute atomic E-state index is 13.7. The summed E-state index contributed by atoms with van der Waals surface area (Å²) in [5.74, 6) is 0.141. The van der Waals surface area contributed by atoms with E-state index >= 15 is 0 Å². The summed E-state index contributed by atoms with van der Waals surface area (Å²) in [5.41, 5.74) is -0.416. The molecule has 0 unspecified atom stereocenters. The predicted molar refractivity (Wildman–Crippen MR) is 120 cm³/mol. The molecule has 0 aliphatic carbocycles. The first kappa shape index (κ1) is 24.6. The third kappa shape index (κ3) is 5.86. The second-order valence-electron chi connectivity index (χ2n) is 7.05. The van der Waals surface area contributed by atoms with Crippen LogP contribution in [0.4, 0.5) is 13.2 Å². The molecule has 3 rings (SSSR count). The Bertz CT molecular complexity index is 1280. The van der Waals surface area contributed by atoms with Gasteiger partial charge in [-0.25, -0.2) is 13.4 Å². The van der Waals surface area contributed by atoms with E-state index in [4.69, 9.17) is 4.74 Å². The smallest absolute Gasteiger partial charge is 0.417 e. The van der Waals surface area contributed by atoms with Crippen LogP contribution in [0.5, 0.6) is 5.75 Å². The number of hydrogen-bond acceptors (Lipinski definition) is 6. The minimum absolute atomic E-state index is 0.0212. The molecule has 0 saturated carbocycles. The van der Waals surface area contributed by atoms with Crippen molar-refractivity contribution < 1.29 is 26.3 Å². The molecule has 0 saturated heterocycles. The van der Waals surface area contributed by atoms with Crippen molar-refractivity contribution in [1.29, 1.82) is 5.26 Å². The van der Waals surface area contributed by atoms with Gasteiger partial charge in [-0.1, -0.05) is 17.7 Å². The fourth-order valence-corrected chi connectivity index (χ4v) is 5.63. The molecule has 172 valence electrons. The molecule has 1 heterocycles. The molecule has 33 heavy (non-hydrogen) atoms. The SMILES string of the molecule is COc1ccc(-c2cc(C(F)(F)F)c(C#N)c(SCCS(=O)(=O)c3ccc(C)cc3)n2)cc1. The Morgan fingerprint density at radius 3 is 2.27 bits per heavy atom. The van der Waals surface area contributed by atoms with Crippen molar-refractivity contribution in [3.8, 4) is 23.1 Å². The Hall–Kier alpha value is -3.03. The van der Waals surface area contributed by atoms with Gasteiger partial charge in [0, 0.05) is 11.3 Å². The molecular formula is C23H19F3N2O3S2. The van der Waals surface area contributed by atoms with E-state index in [1.807, 2.05) is 6.92 Å². The molecule has 0 amide bonds. The van der Waals surface area contributed by atoms with E-state index in [0.29, 0.717) is 11.3 Å². The van der Waals surface area contributed by atoms with Crippen molar-refractivity contribution in [1.82, 2.24) is 4.98 Å². The zero-order valence-electron chi connectivity index (χ0n) is 17.7. The number of pyridine rings is 1. The number of alkyl halides is 3. The van der Waals surface area contributed by atoms with Gasteiger partial charge in [0.15, 0.2) is 9.84 Å². The molecule has 0 aliphatic heterocycles. The fraction of sp³-hybridized carbons (Fsp3) is 0.217. The number of nitriles is 1. The molecule has 0 radical (unpaired) electrons. The van der Waals surface area contributed by atoms with Crippen LogP contribution in [-0.2, 0) is 16.0 Å². The Balaban J connectivity index is 1.94. The number of benzene rings is 2. The van der Waals surface area contributed by atoms with Crippen LogP contribution < -0.4 is 4.74 Å². The largest absolute Gasteiger partial charge is 0.497 e. The second-order valence-corrected chi connectivity index (χ2v) is 10.2. The van der Waals surface area contributed by atoms with Gasteiger partial charge in [-0.2, -0.15) is 18.4 Å². The molecule has 0 aliphatic rings. The summed E-state index contributed by atoms with van der Waals surface area (Å²) in [6, 6.07) is 15.0. The van der Waals surface area contributed by atoms with Gasteiger partial charge in [0.1, 0.15) is 16.8 Å². The minimum atomic E-state index is -4.78. The highest BCUT2D eigenvalue weighted by atomic mass is 32.2. The summed E-state index contributed by atoms with van der Waals surface area (Å²) in [5, 5.41) is 9.25. The maximum Gasteiger partial charge on any atom is 0.417 e. The number of halogens is 3. The van der Waals surface area contributed by atoms with Crippen LogP contribution in [0, 0.1) is 18.3 Å². The van der Waals surface area contributed by atoms with Crippen molar-refractivity contribution in [2.45, 2.75) is 23.0 Å². The van der Waals surface area contributed by atoms with Gasteiger partial charge in [-0.3, -0.25) is 0 Å². The Morgan fingerprint density at radius 2 is 1.73 bits per heavy atom. The van der Waals surface area contributed by atoms with Crippen LogP contribution in [-0.4, -0.2) is 32.0 Å². The molecular weight excluding hydrogens is 473 g/mol. The number of ether oxygens (including phenoxy) is 1. The average Bonchev–Trinajstić information content (AvgIpc) is 2.78. The van der Waals surface area contributed by atoms with Gasteiger partial charge in [0.05, 0.1) is 34.6 Å². The van der Waals surface area contributed by atoms with Crippen molar-refractivity contribution >= 4 is 21.6 Å². The maximum atomic E-state index is 13.7. The van der Waals surface area contributed by atoms with Gasteiger partial charge < -0.3 is 4.74 Å². The van der Waals surface area contributed by atoms with E-state index in [1.54, 1.807) is 42.5 Å². The van der Waals surface area contributed by atoms with Crippen LogP contribution in [0.2, 0.25) is 0 Å². The van der Waals surface area contributed by atoms with E-state index in [1.165, 1.54) is 19.2 Å². The molecule has 0 spiro atoms. The lowest BCUT2D eigenvalue weighted by Crippen LogP contribution is -2.12. The number of thioether (sulfide) groups is 1. The van der Waals surface area contributed by atoms with Crippen molar-refractivity contribution in [3.05, 3.63) is 71.3 Å². The third-order valence-electron chi connectivity index (χ3n) is 4.76. The van der Waals surface area contributed by atoms with Crippen LogP contribution in [0.1, 0.15) is 16.7 Å². The summed E-state index contributed by atoms with van der Waals surface area (Å²) < 4.78 is 71.3. The average molecular weight is 493 g/mol. The lowest BCUT2D eigenvalue weighted by atomic mass is 10.1. The normalized spacial score (nSPS) is 11.8. The Labute approximate surface area is 194 Å². The van der Waals surface area contributed by atoms with Crippen LogP contribution in [0.15, 0.2) is 64.5 Å².